The Morgan fingerprint density at radius 3 is 2.51 bits per heavy atom. The molecule has 0 amide bonds. The van der Waals surface area contributed by atoms with Crippen LogP contribution < -0.4 is 17.0 Å². The average molecular weight is 678 g/mol. The van der Waals surface area contributed by atoms with Crippen molar-refractivity contribution in [2.75, 3.05) is 24.4 Å². The fourth-order valence-corrected chi connectivity index (χ4v) is 6.09. The van der Waals surface area contributed by atoms with Gasteiger partial charge in [-0.1, -0.05) is 0 Å². The van der Waals surface area contributed by atoms with Crippen molar-refractivity contribution >= 4 is 49.9 Å². The van der Waals surface area contributed by atoms with Crippen LogP contribution in [-0.4, -0.2) is 109 Å². The third-order valence-corrected chi connectivity index (χ3v) is 8.28. The number of phosphoric ester groups is 1. The second-order valence-electron chi connectivity index (χ2n) is 9.78. The van der Waals surface area contributed by atoms with E-state index in [1.165, 1.54) is 10.9 Å². The van der Waals surface area contributed by atoms with E-state index in [1.54, 1.807) is 0 Å². The number of nitrogens with zero attached hydrogens (tertiary/aromatic N) is 7. The Bertz CT molecular complexity index is 1860. The molecule has 4 aromatic heterocycles. The van der Waals surface area contributed by atoms with Crippen LogP contribution in [0.25, 0.3) is 22.3 Å². The molecule has 0 saturated carbocycles. The lowest BCUT2D eigenvalue weighted by atomic mass is 10.1. The highest BCUT2D eigenvalue weighted by Crippen LogP contribution is 2.51. The van der Waals surface area contributed by atoms with E-state index < -0.39 is 83.7 Å². The van der Waals surface area contributed by atoms with Crippen molar-refractivity contribution in [2.45, 2.75) is 49.3 Å². The third kappa shape index (κ3) is 5.95. The van der Waals surface area contributed by atoms with Crippen molar-refractivity contribution in [3.63, 3.8) is 0 Å². The number of halogens is 1. The number of imidazole rings is 2. The number of rotatable bonds is 10. The number of aliphatic hydroxyl groups excluding tert-OH is 2. The number of ether oxygens (including phenoxy) is 3. The quantitative estimate of drug-likeness (QED) is 0.0881. The van der Waals surface area contributed by atoms with E-state index >= 15 is 4.39 Å². The Morgan fingerprint density at radius 1 is 1.07 bits per heavy atom. The summed E-state index contributed by atoms with van der Waals surface area (Å²) in [5, 5.41) is 21.2. The summed E-state index contributed by atoms with van der Waals surface area (Å²) in [6.45, 7) is -0.838. The first-order valence-electron chi connectivity index (χ1n) is 12.8. The predicted molar refractivity (Wildman–Crippen MR) is 145 cm³/mol. The van der Waals surface area contributed by atoms with Gasteiger partial charge in [0.1, 0.15) is 36.5 Å². The van der Waals surface area contributed by atoms with Crippen molar-refractivity contribution < 1.29 is 56.8 Å². The molecule has 0 bridgehead atoms. The monoisotopic (exact) mass is 678 g/mol. The number of aliphatic hydroxyl groups is 2. The highest BCUT2D eigenvalue weighted by atomic mass is 31.2. The second-order valence-corrected chi connectivity index (χ2v) is 12.3. The first-order valence-corrected chi connectivity index (χ1v) is 15.9. The number of hydrogen-bond donors (Lipinski definition) is 7. The van der Waals surface area contributed by atoms with Gasteiger partial charge >= 0.3 is 7.82 Å². The molecule has 10 atom stereocenters. The van der Waals surface area contributed by atoms with Gasteiger partial charge in [-0.25, -0.2) is 28.9 Å². The van der Waals surface area contributed by atoms with Crippen LogP contribution in [0.4, 0.5) is 16.2 Å². The maximum atomic E-state index is 15.5. The van der Waals surface area contributed by atoms with Crippen molar-refractivity contribution in [2.24, 2.45) is 0 Å². The summed E-state index contributed by atoms with van der Waals surface area (Å²) in [7, 11) is -8.48. The van der Waals surface area contributed by atoms with E-state index in [-0.39, 0.29) is 34.1 Å². The van der Waals surface area contributed by atoms with Crippen LogP contribution in [0.2, 0.25) is 0 Å². The molecule has 2 saturated heterocycles. The van der Waals surface area contributed by atoms with Crippen LogP contribution in [0.15, 0.2) is 23.8 Å². The van der Waals surface area contributed by atoms with Crippen LogP contribution in [0, 0.1) is 0 Å². The average Bonchev–Trinajstić information content (AvgIpc) is 3.73. The molecule has 2 unspecified atom stereocenters. The normalized spacial score (nSPS) is 30.7. The van der Waals surface area contributed by atoms with Crippen molar-refractivity contribution in [1.29, 1.82) is 0 Å². The molecule has 0 spiro atoms. The van der Waals surface area contributed by atoms with Gasteiger partial charge in [0.05, 0.1) is 19.3 Å². The summed E-state index contributed by atoms with van der Waals surface area (Å²) in [5.41, 5.74) is 10.6. The van der Waals surface area contributed by atoms with Gasteiger partial charge in [0, 0.05) is 0 Å². The van der Waals surface area contributed by atoms with Crippen molar-refractivity contribution in [3.05, 3.63) is 29.3 Å². The highest BCUT2D eigenvalue weighted by Gasteiger charge is 2.52. The predicted octanol–water partition coefficient (Wildman–Crippen LogP) is -2.12. The van der Waals surface area contributed by atoms with Crippen molar-refractivity contribution in [3.8, 4) is 0 Å². The molecule has 6 rings (SSSR count). The zero-order valence-electron chi connectivity index (χ0n) is 22.4. The number of nitrogens with one attached hydrogen (secondary N) is 1. The maximum Gasteiger partial charge on any atom is 0.472 e. The number of hydrogen-bond acceptors (Lipinski definition) is 17. The van der Waals surface area contributed by atoms with Crippen LogP contribution in [0.5, 0.6) is 0 Å². The Kier molecular flexibility index (Phi) is 8.43. The molecule has 4 aromatic rings. The number of aromatic nitrogens is 8. The van der Waals surface area contributed by atoms with E-state index in [0.29, 0.717) is 0 Å². The zero-order chi connectivity index (χ0) is 32.2. The SMILES string of the molecule is Nc1nc2c(ncn2[C@@H]2O[C@H](OC[PH](=O)O)[C@H](F)[C@@H]2OP(=O)(O)OC[C@H]2O[C@@H](n3cnc4c(N)ncnc43)[C@@H](O)[C@H]2O)c(=O)[nH]1. The topological polar surface area (TPSA) is 320 Å². The minimum atomic E-state index is -5.24. The molecule has 2 aliphatic heterocycles. The Morgan fingerprint density at radius 2 is 1.78 bits per heavy atom. The van der Waals surface area contributed by atoms with E-state index in [1.807, 2.05) is 0 Å². The number of phosphoric acid groups is 1. The number of anilines is 2. The number of H-pyrrole nitrogens is 1. The largest absolute Gasteiger partial charge is 0.472 e. The molecule has 45 heavy (non-hydrogen) atoms. The summed E-state index contributed by atoms with van der Waals surface area (Å²) in [4.78, 5) is 53.9. The molecule has 6 heterocycles. The third-order valence-electron chi connectivity index (χ3n) is 6.88. The van der Waals surface area contributed by atoms with Gasteiger partial charge in [-0.15, -0.1) is 0 Å². The molecular weight excluding hydrogens is 653 g/mol. The zero-order valence-corrected chi connectivity index (χ0v) is 24.3. The number of alkyl halides is 1. The first-order chi connectivity index (χ1) is 21.3. The van der Waals surface area contributed by atoms with Gasteiger partial charge in [-0.3, -0.25) is 32.5 Å². The van der Waals surface area contributed by atoms with Gasteiger partial charge in [-0.2, -0.15) is 4.98 Å². The lowest BCUT2D eigenvalue weighted by Gasteiger charge is -2.24. The van der Waals surface area contributed by atoms with E-state index in [4.69, 9.17) is 39.6 Å². The van der Waals surface area contributed by atoms with Crippen molar-refractivity contribution in [1.82, 2.24) is 39.0 Å². The smallest absolute Gasteiger partial charge is 0.387 e. The Hall–Kier alpha value is -3.47. The molecule has 2 aliphatic rings. The molecular formula is C20H25FN10O12P2. The van der Waals surface area contributed by atoms with E-state index in [2.05, 4.69) is 29.9 Å². The lowest BCUT2D eigenvalue weighted by Crippen LogP contribution is -2.34. The van der Waals surface area contributed by atoms with Gasteiger partial charge in [0.15, 0.2) is 53.7 Å². The molecule has 22 nitrogen and oxygen atoms in total. The number of nitrogens with two attached hydrogens (primary N) is 2. The fourth-order valence-electron chi connectivity index (χ4n) is 4.85. The van der Waals surface area contributed by atoms with Gasteiger partial charge in [-0.05, 0) is 0 Å². The van der Waals surface area contributed by atoms with Crippen LogP contribution in [-0.2, 0) is 32.4 Å². The molecule has 0 aromatic carbocycles. The summed E-state index contributed by atoms with van der Waals surface area (Å²) in [6, 6.07) is 0. The lowest BCUT2D eigenvalue weighted by molar-refractivity contribution is -0.156. The molecule has 0 radical (unpaired) electrons. The van der Waals surface area contributed by atoms with E-state index in [0.717, 1.165) is 17.2 Å². The minimum absolute atomic E-state index is 0.0542. The standard InChI is InChI=1S/C20H25FN10O12P2/c21-7-12(18(42-19(7)39-5-44(35)36)31-4-27-9-15(31)28-20(23)29-16(9)34)43-45(37,38)40-1-6-10(32)11(33)17(41-6)30-3-26-8-13(22)24-2-25-14(8)30/h2-4,6-7,10-12,17-19,32-33,44H,1,5H2,(H,35,36)(H,37,38)(H2,22,24,25)(H3,23,28,29,34)/t6-,7-,10+,11+,12+,17-,18-,19+/m1/s1. The van der Waals surface area contributed by atoms with E-state index in [9.17, 15) is 29.0 Å². The summed E-state index contributed by atoms with van der Waals surface area (Å²) >= 11 is 0. The van der Waals surface area contributed by atoms with Crippen LogP contribution in [0.1, 0.15) is 12.5 Å². The fraction of sp³-hybridized carbons (Fsp3) is 0.500. The molecule has 25 heteroatoms. The first kappa shape index (κ1) is 31.5. The number of nitrogen functional groups attached to an aromatic ring is 2. The summed E-state index contributed by atoms with van der Waals surface area (Å²) < 4.78 is 68.3. The molecule has 0 aliphatic carbocycles. The Labute approximate surface area is 249 Å². The molecule has 244 valence electrons. The number of fused-ring (bicyclic) bond motifs is 2. The summed E-state index contributed by atoms with van der Waals surface area (Å²) in [5.74, 6) is -0.280. The Balaban J connectivity index is 1.20. The molecule has 9 N–H and O–H groups in total. The number of aromatic amines is 1. The second kappa shape index (κ2) is 12.0. The van der Waals surface area contributed by atoms with Crippen LogP contribution >= 0.6 is 15.9 Å². The minimum Gasteiger partial charge on any atom is -0.387 e. The van der Waals surface area contributed by atoms with Gasteiger partial charge in [0.25, 0.3) is 5.56 Å². The summed E-state index contributed by atoms with van der Waals surface area (Å²) in [6.07, 6.45) is -11.3. The maximum absolute atomic E-state index is 15.5. The van der Waals surface area contributed by atoms with Gasteiger partial charge in [0.2, 0.25) is 14.0 Å². The highest BCUT2D eigenvalue weighted by molar-refractivity contribution is 7.47. The molecule has 2 fully saturated rings. The van der Waals surface area contributed by atoms with Gasteiger partial charge < -0.3 is 45.7 Å². The van der Waals surface area contributed by atoms with Crippen LogP contribution in [0.3, 0.4) is 0 Å².